The van der Waals surface area contributed by atoms with Crippen molar-refractivity contribution in [1.29, 1.82) is 0 Å². The second-order valence-corrected chi connectivity index (χ2v) is 6.69. The first-order chi connectivity index (χ1) is 12.0. The molecule has 2 aromatic carbocycles. The van der Waals surface area contributed by atoms with Gasteiger partial charge in [0.1, 0.15) is 11.5 Å². The second-order valence-electron chi connectivity index (χ2n) is 6.69. The standard InChI is InChI=1S/C21H25NO3/c1-13(2)21(23)22-10-9-18-19-11-14(24-3)5-7-16(19)17-8-6-15(25-4)12-20(17)18/h5-8,11-13,18H,9-10H2,1-4H3,(H,22,23). The highest BCUT2D eigenvalue weighted by Crippen LogP contribution is 2.48. The Morgan fingerprint density at radius 3 is 1.96 bits per heavy atom. The van der Waals surface area contributed by atoms with Gasteiger partial charge in [0.05, 0.1) is 14.2 Å². The lowest BCUT2D eigenvalue weighted by atomic mass is 9.93. The minimum atomic E-state index is 0.00309. The van der Waals surface area contributed by atoms with Crippen molar-refractivity contribution in [2.75, 3.05) is 20.8 Å². The number of rotatable bonds is 6. The Hall–Kier alpha value is -2.49. The van der Waals surface area contributed by atoms with Crippen LogP contribution in [0.4, 0.5) is 0 Å². The quantitative estimate of drug-likeness (QED) is 0.866. The van der Waals surface area contributed by atoms with Crippen LogP contribution in [0.15, 0.2) is 36.4 Å². The Morgan fingerprint density at radius 2 is 1.52 bits per heavy atom. The SMILES string of the molecule is COc1ccc2c(c1)C(CCNC(=O)C(C)C)c1cc(OC)ccc1-2. The molecule has 4 nitrogen and oxygen atoms in total. The lowest BCUT2D eigenvalue weighted by Gasteiger charge is -2.16. The highest BCUT2D eigenvalue weighted by atomic mass is 16.5. The average Bonchev–Trinajstić information content (AvgIpc) is 2.93. The maximum atomic E-state index is 11.9. The van der Waals surface area contributed by atoms with E-state index in [1.54, 1.807) is 14.2 Å². The number of nitrogens with one attached hydrogen (secondary N) is 1. The van der Waals surface area contributed by atoms with Gasteiger partial charge in [-0.25, -0.2) is 0 Å². The van der Waals surface area contributed by atoms with E-state index >= 15 is 0 Å². The molecule has 132 valence electrons. The zero-order valence-electron chi connectivity index (χ0n) is 15.3. The molecule has 0 fully saturated rings. The molecule has 0 aliphatic heterocycles. The fraction of sp³-hybridized carbons (Fsp3) is 0.381. The van der Waals surface area contributed by atoms with E-state index in [9.17, 15) is 4.79 Å². The molecular formula is C21H25NO3. The molecular weight excluding hydrogens is 314 g/mol. The molecule has 0 saturated carbocycles. The molecule has 1 N–H and O–H groups in total. The van der Waals surface area contributed by atoms with E-state index in [1.807, 2.05) is 26.0 Å². The second kappa shape index (κ2) is 7.18. The summed E-state index contributed by atoms with van der Waals surface area (Å²) in [5.41, 5.74) is 4.97. The Morgan fingerprint density at radius 1 is 1.00 bits per heavy atom. The van der Waals surface area contributed by atoms with Gasteiger partial charge in [-0.05, 0) is 52.9 Å². The Kier molecular flexibility index (Phi) is 4.98. The van der Waals surface area contributed by atoms with Crippen LogP contribution < -0.4 is 14.8 Å². The van der Waals surface area contributed by atoms with Gasteiger partial charge in [0.15, 0.2) is 0 Å². The number of carbonyl (C=O) groups is 1. The van der Waals surface area contributed by atoms with Crippen molar-refractivity contribution in [2.45, 2.75) is 26.2 Å². The van der Waals surface area contributed by atoms with Crippen LogP contribution in [-0.2, 0) is 4.79 Å². The van der Waals surface area contributed by atoms with E-state index in [-0.39, 0.29) is 17.7 Å². The number of ether oxygens (including phenoxy) is 2. The summed E-state index contributed by atoms with van der Waals surface area (Å²) in [7, 11) is 3.37. The van der Waals surface area contributed by atoms with Crippen molar-refractivity contribution < 1.29 is 14.3 Å². The fourth-order valence-electron chi connectivity index (χ4n) is 3.43. The van der Waals surface area contributed by atoms with Gasteiger partial charge in [-0.15, -0.1) is 0 Å². The summed E-state index contributed by atoms with van der Waals surface area (Å²) in [5.74, 6) is 2.03. The van der Waals surface area contributed by atoms with Crippen molar-refractivity contribution in [3.63, 3.8) is 0 Å². The summed E-state index contributed by atoms with van der Waals surface area (Å²) >= 11 is 0. The van der Waals surface area contributed by atoms with Crippen molar-refractivity contribution in [2.24, 2.45) is 5.92 Å². The van der Waals surface area contributed by atoms with Crippen LogP contribution in [0.5, 0.6) is 11.5 Å². The molecule has 0 saturated heterocycles. The smallest absolute Gasteiger partial charge is 0.222 e. The molecule has 0 heterocycles. The number of hydrogen-bond donors (Lipinski definition) is 1. The normalized spacial score (nSPS) is 12.7. The maximum absolute atomic E-state index is 11.9. The molecule has 1 amide bonds. The average molecular weight is 339 g/mol. The molecule has 0 spiro atoms. The van der Waals surface area contributed by atoms with Gasteiger partial charge in [0, 0.05) is 18.4 Å². The van der Waals surface area contributed by atoms with E-state index < -0.39 is 0 Å². The Bertz CT molecular complexity index is 729. The number of amides is 1. The number of fused-ring (bicyclic) bond motifs is 3. The zero-order valence-corrected chi connectivity index (χ0v) is 15.3. The highest BCUT2D eigenvalue weighted by molar-refractivity contribution is 5.80. The predicted molar refractivity (Wildman–Crippen MR) is 99.3 cm³/mol. The van der Waals surface area contributed by atoms with Crippen molar-refractivity contribution >= 4 is 5.91 Å². The van der Waals surface area contributed by atoms with Gasteiger partial charge in [-0.3, -0.25) is 4.79 Å². The minimum Gasteiger partial charge on any atom is -0.497 e. The topological polar surface area (TPSA) is 47.6 Å². The molecule has 25 heavy (non-hydrogen) atoms. The van der Waals surface area contributed by atoms with Crippen LogP contribution in [0.25, 0.3) is 11.1 Å². The van der Waals surface area contributed by atoms with Crippen molar-refractivity contribution in [3.05, 3.63) is 47.5 Å². The molecule has 0 atom stereocenters. The number of benzene rings is 2. The minimum absolute atomic E-state index is 0.00309. The van der Waals surface area contributed by atoms with Crippen molar-refractivity contribution in [1.82, 2.24) is 5.32 Å². The summed E-state index contributed by atoms with van der Waals surface area (Å²) < 4.78 is 10.8. The van der Waals surface area contributed by atoms with Gasteiger partial charge >= 0.3 is 0 Å². The lowest BCUT2D eigenvalue weighted by molar-refractivity contribution is -0.123. The third kappa shape index (κ3) is 3.34. The molecule has 2 aromatic rings. The molecule has 0 radical (unpaired) electrons. The molecule has 1 aliphatic carbocycles. The van der Waals surface area contributed by atoms with E-state index in [0.717, 1.165) is 17.9 Å². The van der Waals surface area contributed by atoms with Crippen LogP contribution in [0, 0.1) is 5.92 Å². The highest BCUT2D eigenvalue weighted by Gasteiger charge is 2.29. The molecule has 3 rings (SSSR count). The molecule has 4 heteroatoms. The summed E-state index contributed by atoms with van der Waals surface area (Å²) in [6.07, 6.45) is 0.846. The van der Waals surface area contributed by atoms with E-state index in [0.29, 0.717) is 6.54 Å². The number of hydrogen-bond acceptors (Lipinski definition) is 3. The number of carbonyl (C=O) groups excluding carboxylic acids is 1. The van der Waals surface area contributed by atoms with Crippen molar-refractivity contribution in [3.8, 4) is 22.6 Å². The molecule has 0 bridgehead atoms. The fourth-order valence-corrected chi connectivity index (χ4v) is 3.43. The van der Waals surface area contributed by atoms with E-state index in [2.05, 4.69) is 29.6 Å². The predicted octanol–water partition coefficient (Wildman–Crippen LogP) is 3.98. The van der Waals surface area contributed by atoms with Crippen LogP contribution in [-0.4, -0.2) is 26.7 Å². The summed E-state index contributed by atoms with van der Waals surface area (Å²) in [6, 6.07) is 12.4. The first-order valence-electron chi connectivity index (χ1n) is 8.69. The van der Waals surface area contributed by atoms with Gasteiger partial charge in [0.25, 0.3) is 0 Å². The van der Waals surface area contributed by atoms with E-state index in [4.69, 9.17) is 9.47 Å². The van der Waals surface area contributed by atoms with Crippen LogP contribution in [0.3, 0.4) is 0 Å². The molecule has 1 aliphatic rings. The summed E-state index contributed by atoms with van der Waals surface area (Å²) in [4.78, 5) is 11.9. The lowest BCUT2D eigenvalue weighted by Crippen LogP contribution is -2.29. The molecule has 0 unspecified atom stereocenters. The van der Waals surface area contributed by atoms with Crippen LogP contribution >= 0.6 is 0 Å². The first kappa shape index (κ1) is 17.3. The molecule has 0 aromatic heterocycles. The van der Waals surface area contributed by atoms with Gasteiger partial charge in [-0.2, -0.15) is 0 Å². The Labute approximate surface area is 149 Å². The van der Waals surface area contributed by atoms with Gasteiger partial charge in [0.2, 0.25) is 5.91 Å². The first-order valence-corrected chi connectivity index (χ1v) is 8.69. The van der Waals surface area contributed by atoms with Crippen LogP contribution in [0.1, 0.15) is 37.3 Å². The van der Waals surface area contributed by atoms with Gasteiger partial charge < -0.3 is 14.8 Å². The van der Waals surface area contributed by atoms with E-state index in [1.165, 1.54) is 22.3 Å². The Balaban J connectivity index is 1.92. The maximum Gasteiger partial charge on any atom is 0.222 e. The zero-order chi connectivity index (χ0) is 18.0. The number of methoxy groups -OCH3 is 2. The summed E-state index contributed by atoms with van der Waals surface area (Å²) in [5, 5.41) is 3.03. The third-order valence-corrected chi connectivity index (χ3v) is 4.82. The largest absolute Gasteiger partial charge is 0.497 e. The third-order valence-electron chi connectivity index (χ3n) is 4.82. The summed E-state index contributed by atoms with van der Waals surface area (Å²) in [6.45, 7) is 4.46. The van der Waals surface area contributed by atoms with Gasteiger partial charge in [-0.1, -0.05) is 26.0 Å². The monoisotopic (exact) mass is 339 g/mol. The van der Waals surface area contributed by atoms with Crippen LogP contribution in [0.2, 0.25) is 0 Å².